The van der Waals surface area contributed by atoms with E-state index in [0.717, 1.165) is 17.5 Å². The van der Waals surface area contributed by atoms with E-state index in [0.29, 0.717) is 41.7 Å². The zero-order valence-electron chi connectivity index (χ0n) is 21.4. The fourth-order valence-electron chi connectivity index (χ4n) is 4.07. The van der Waals surface area contributed by atoms with Gasteiger partial charge in [-0.15, -0.1) is 0 Å². The number of hydrazone groups is 1. The van der Waals surface area contributed by atoms with Crippen LogP contribution >= 0.6 is 0 Å². The van der Waals surface area contributed by atoms with Crippen LogP contribution in [0.5, 0.6) is 5.75 Å². The largest absolute Gasteiger partial charge is 0.496 e. The molecule has 0 aliphatic carbocycles. The van der Waals surface area contributed by atoms with Crippen molar-refractivity contribution in [1.29, 1.82) is 0 Å². The minimum Gasteiger partial charge on any atom is -0.496 e. The molecular formula is C25H36N8O3. The topological polar surface area (TPSA) is 142 Å². The Bertz CT molecular complexity index is 1100. The molecule has 2 aliphatic heterocycles. The number of rotatable bonds is 6. The van der Waals surface area contributed by atoms with Crippen LogP contribution in [0.4, 0.5) is 5.82 Å². The summed E-state index contributed by atoms with van der Waals surface area (Å²) in [6.45, 7) is 7.37. The van der Waals surface area contributed by atoms with Crippen LogP contribution in [-0.4, -0.2) is 71.2 Å². The van der Waals surface area contributed by atoms with Crippen molar-refractivity contribution >= 4 is 24.0 Å². The summed E-state index contributed by atoms with van der Waals surface area (Å²) >= 11 is 0. The van der Waals surface area contributed by atoms with E-state index in [1.807, 2.05) is 13.8 Å². The van der Waals surface area contributed by atoms with Crippen molar-refractivity contribution in [2.45, 2.75) is 45.8 Å². The number of methoxy groups -OCH3 is 1. The summed E-state index contributed by atoms with van der Waals surface area (Å²) in [7, 11) is 3.67. The fraction of sp³-hybridized carbons (Fsp3) is 0.440. The maximum Gasteiger partial charge on any atom is 0.260 e. The lowest BCUT2D eigenvalue weighted by molar-refractivity contribution is -0.118. The molecule has 2 aliphatic rings. The van der Waals surface area contributed by atoms with E-state index >= 15 is 0 Å². The quantitative estimate of drug-likeness (QED) is 0.180. The van der Waals surface area contributed by atoms with Crippen LogP contribution in [0.25, 0.3) is 0 Å². The zero-order valence-corrected chi connectivity index (χ0v) is 21.4. The Hall–Kier alpha value is -3.70. The lowest BCUT2D eigenvalue weighted by Crippen LogP contribution is -2.44. The molecule has 2 aromatic rings. The number of hydrogen-bond acceptors (Lipinski definition) is 8. The number of amidine groups is 1. The second kappa shape index (κ2) is 12.3. The highest BCUT2D eigenvalue weighted by Gasteiger charge is 2.23. The Labute approximate surface area is 212 Å². The number of benzene rings is 1. The Morgan fingerprint density at radius 1 is 1.22 bits per heavy atom. The number of fused-ring (bicyclic) bond motifs is 1. The van der Waals surface area contributed by atoms with Crippen molar-refractivity contribution in [2.24, 2.45) is 16.8 Å². The van der Waals surface area contributed by atoms with Crippen LogP contribution in [0.1, 0.15) is 53.9 Å². The number of carbonyl (C=O) groups is 2. The smallest absolute Gasteiger partial charge is 0.260 e. The summed E-state index contributed by atoms with van der Waals surface area (Å²) in [5.41, 5.74) is 2.64. The number of ether oxygens (including phenoxy) is 1. The SMILES string of the molecule is CN1CCCC1.COc1cc2c(cc1C(=O)Nc1cccc(/C(=N/N)N(N)C(C)C)n1)CN(C=O)C2. The number of hydrazine groups is 1. The number of likely N-dealkylation sites (tertiary alicyclic amines) is 1. The maximum absolute atomic E-state index is 12.9. The number of anilines is 1. The van der Waals surface area contributed by atoms with E-state index in [2.05, 4.69) is 27.3 Å². The van der Waals surface area contributed by atoms with Gasteiger partial charge in [-0.3, -0.25) is 14.6 Å². The van der Waals surface area contributed by atoms with E-state index in [9.17, 15) is 9.59 Å². The maximum atomic E-state index is 12.9. The van der Waals surface area contributed by atoms with Gasteiger partial charge >= 0.3 is 0 Å². The number of pyridine rings is 1. The predicted octanol–water partition coefficient (Wildman–Crippen LogP) is 1.73. The highest BCUT2D eigenvalue weighted by Crippen LogP contribution is 2.30. The summed E-state index contributed by atoms with van der Waals surface area (Å²) in [6.07, 6.45) is 3.61. The van der Waals surface area contributed by atoms with Crippen molar-refractivity contribution in [1.82, 2.24) is 19.8 Å². The van der Waals surface area contributed by atoms with Gasteiger partial charge in [-0.05, 0) is 82.2 Å². The third-order valence-corrected chi connectivity index (χ3v) is 6.13. The number of carbonyl (C=O) groups excluding carboxylic acids is 2. The van der Waals surface area contributed by atoms with Gasteiger partial charge in [-0.2, -0.15) is 5.10 Å². The highest BCUT2D eigenvalue weighted by atomic mass is 16.5. The van der Waals surface area contributed by atoms with E-state index in [1.165, 1.54) is 38.0 Å². The van der Waals surface area contributed by atoms with Gasteiger partial charge in [-0.1, -0.05) is 6.07 Å². The van der Waals surface area contributed by atoms with Gasteiger partial charge in [0, 0.05) is 19.1 Å². The minimum absolute atomic E-state index is 0.0473. The monoisotopic (exact) mass is 496 g/mol. The molecule has 11 heteroatoms. The molecule has 1 aromatic heterocycles. The molecule has 3 heterocycles. The summed E-state index contributed by atoms with van der Waals surface area (Å²) in [4.78, 5) is 32.4. The Kier molecular flexibility index (Phi) is 9.20. The van der Waals surface area contributed by atoms with Gasteiger partial charge in [0.2, 0.25) is 6.41 Å². The van der Waals surface area contributed by atoms with Crippen LogP contribution < -0.4 is 21.7 Å². The molecule has 1 saturated heterocycles. The normalized spacial score (nSPS) is 15.3. The average molecular weight is 497 g/mol. The summed E-state index contributed by atoms with van der Waals surface area (Å²) in [6, 6.07) is 8.55. The molecule has 0 spiro atoms. The van der Waals surface area contributed by atoms with Gasteiger partial charge in [0.05, 0.1) is 12.7 Å². The van der Waals surface area contributed by atoms with E-state index in [1.54, 1.807) is 35.2 Å². The van der Waals surface area contributed by atoms with Crippen molar-refractivity contribution in [2.75, 3.05) is 32.6 Å². The molecule has 0 radical (unpaired) electrons. The van der Waals surface area contributed by atoms with Crippen LogP contribution in [0, 0.1) is 0 Å². The molecule has 4 rings (SSSR count). The number of hydrogen-bond donors (Lipinski definition) is 3. The number of nitrogens with zero attached hydrogens (tertiary/aromatic N) is 5. The first-order valence-electron chi connectivity index (χ1n) is 12.0. The molecule has 1 fully saturated rings. The standard InChI is InChI=1S/C20H25N7O3.C5H11N/c1-12(2)27(22)19(25-21)16-5-4-6-18(23-16)24-20(29)15-7-13-9-26(11-28)10-14(13)8-17(15)30-3;1-6-4-2-3-5-6/h4-8,11-12H,9-10,21-22H2,1-3H3,(H,23,24,29);2-5H2,1H3/b25-19-;. The second-order valence-corrected chi connectivity index (χ2v) is 9.16. The fourth-order valence-corrected chi connectivity index (χ4v) is 4.07. The molecule has 0 bridgehead atoms. The Morgan fingerprint density at radius 2 is 1.89 bits per heavy atom. The second-order valence-electron chi connectivity index (χ2n) is 9.16. The lowest BCUT2D eigenvalue weighted by atomic mass is 10.0. The van der Waals surface area contributed by atoms with Gasteiger partial charge in [0.1, 0.15) is 17.3 Å². The van der Waals surface area contributed by atoms with Crippen molar-refractivity contribution in [3.8, 4) is 5.75 Å². The lowest BCUT2D eigenvalue weighted by Gasteiger charge is -2.23. The Balaban J connectivity index is 0.000000526. The number of aromatic nitrogens is 1. The molecule has 1 aromatic carbocycles. The van der Waals surface area contributed by atoms with Crippen LogP contribution in [0.15, 0.2) is 35.4 Å². The van der Waals surface area contributed by atoms with E-state index in [-0.39, 0.29) is 11.9 Å². The summed E-state index contributed by atoms with van der Waals surface area (Å²) in [5, 5.41) is 7.90. The van der Waals surface area contributed by atoms with Crippen molar-refractivity contribution in [3.63, 3.8) is 0 Å². The zero-order chi connectivity index (χ0) is 26.2. The van der Waals surface area contributed by atoms with E-state index < -0.39 is 0 Å². The molecule has 5 N–H and O–H groups in total. The van der Waals surface area contributed by atoms with Crippen molar-refractivity contribution in [3.05, 3.63) is 52.7 Å². The number of nitrogens with one attached hydrogen (secondary N) is 1. The third kappa shape index (κ3) is 6.49. The summed E-state index contributed by atoms with van der Waals surface area (Å²) in [5.74, 6) is 12.1. The van der Waals surface area contributed by atoms with Crippen molar-refractivity contribution < 1.29 is 14.3 Å². The molecule has 194 valence electrons. The first-order valence-corrected chi connectivity index (χ1v) is 12.0. The first-order chi connectivity index (χ1) is 17.3. The van der Waals surface area contributed by atoms with Gasteiger partial charge in [0.15, 0.2) is 5.84 Å². The van der Waals surface area contributed by atoms with Gasteiger partial charge in [-0.25, -0.2) is 10.8 Å². The molecule has 0 saturated carbocycles. The third-order valence-electron chi connectivity index (χ3n) is 6.13. The van der Waals surface area contributed by atoms with E-state index in [4.69, 9.17) is 16.4 Å². The average Bonchev–Trinajstić information content (AvgIpc) is 3.52. The molecular weight excluding hydrogens is 460 g/mol. The molecule has 0 unspecified atom stereocenters. The molecule has 11 nitrogen and oxygen atoms in total. The first kappa shape index (κ1) is 26.9. The molecule has 2 amide bonds. The minimum atomic E-state index is -0.386. The van der Waals surface area contributed by atoms with Crippen LogP contribution in [0.3, 0.4) is 0 Å². The number of amides is 2. The summed E-state index contributed by atoms with van der Waals surface area (Å²) < 4.78 is 5.39. The predicted molar refractivity (Wildman–Crippen MR) is 139 cm³/mol. The van der Waals surface area contributed by atoms with Gasteiger partial charge in [0.25, 0.3) is 5.91 Å². The molecule has 0 atom stereocenters. The van der Waals surface area contributed by atoms with Gasteiger partial charge < -0.3 is 25.7 Å². The van der Waals surface area contributed by atoms with Crippen LogP contribution in [0.2, 0.25) is 0 Å². The highest BCUT2D eigenvalue weighted by molar-refractivity contribution is 6.06. The Morgan fingerprint density at radius 3 is 2.42 bits per heavy atom. The van der Waals surface area contributed by atoms with Crippen LogP contribution in [-0.2, 0) is 17.9 Å². The number of nitrogens with two attached hydrogens (primary N) is 2. The molecule has 36 heavy (non-hydrogen) atoms.